The summed E-state index contributed by atoms with van der Waals surface area (Å²) in [5.74, 6) is 1.36. The Bertz CT molecular complexity index is 527. The maximum atomic E-state index is 4.55. The predicted octanol–water partition coefficient (Wildman–Crippen LogP) is 3.44. The zero-order valence-corrected chi connectivity index (χ0v) is 10.1. The number of hydrogen-bond acceptors (Lipinski definition) is 2. The van der Waals surface area contributed by atoms with Crippen LogP contribution in [0.3, 0.4) is 0 Å². The molecular weight excluding hydrogens is 208 g/mol. The minimum absolute atomic E-state index is 0.316. The molecule has 0 radical (unpaired) electrons. The van der Waals surface area contributed by atoms with Crippen molar-refractivity contribution in [3.63, 3.8) is 0 Å². The monoisotopic (exact) mass is 224 g/mol. The summed E-state index contributed by atoms with van der Waals surface area (Å²) >= 11 is 0. The molecule has 2 nitrogen and oxygen atoms in total. The lowest BCUT2D eigenvalue weighted by Crippen LogP contribution is -2.31. The molecule has 1 heterocycles. The van der Waals surface area contributed by atoms with E-state index in [1.165, 1.54) is 16.8 Å². The molecule has 0 spiro atoms. The standard InChI is InChI=1S/C15H16N2/c1-4-10-13-9(2)8-12(14(10)16-3)15-11(13)6-5-7-17-15/h4-7,9,12-13H,1,3,8H2,2H3. The molecule has 1 aromatic rings. The summed E-state index contributed by atoms with van der Waals surface area (Å²) in [5.41, 5.74) is 4.90. The fourth-order valence-electron chi connectivity index (χ4n) is 3.42. The van der Waals surface area contributed by atoms with Crippen molar-refractivity contribution in [2.75, 3.05) is 0 Å². The van der Waals surface area contributed by atoms with Gasteiger partial charge in [0.05, 0.1) is 11.4 Å². The highest BCUT2D eigenvalue weighted by Crippen LogP contribution is 2.54. The summed E-state index contributed by atoms with van der Waals surface area (Å²) in [6.45, 7) is 9.96. The predicted molar refractivity (Wildman–Crippen MR) is 70.3 cm³/mol. The second-order valence-electron chi connectivity index (χ2n) is 4.92. The highest BCUT2D eigenvalue weighted by atomic mass is 14.8. The van der Waals surface area contributed by atoms with E-state index >= 15 is 0 Å². The third-order valence-corrected chi connectivity index (χ3v) is 4.06. The lowest BCUT2D eigenvalue weighted by molar-refractivity contribution is 0.374. The Kier molecular flexibility index (Phi) is 2.25. The van der Waals surface area contributed by atoms with Gasteiger partial charge in [0.25, 0.3) is 0 Å². The van der Waals surface area contributed by atoms with Gasteiger partial charge in [0.15, 0.2) is 0 Å². The Morgan fingerprint density at radius 3 is 3.06 bits per heavy atom. The first kappa shape index (κ1) is 10.5. The fourth-order valence-corrected chi connectivity index (χ4v) is 3.42. The van der Waals surface area contributed by atoms with Gasteiger partial charge in [-0.05, 0) is 36.3 Å². The topological polar surface area (TPSA) is 25.2 Å². The van der Waals surface area contributed by atoms with Gasteiger partial charge in [-0.2, -0.15) is 0 Å². The van der Waals surface area contributed by atoms with Crippen LogP contribution in [-0.2, 0) is 0 Å². The molecule has 4 rings (SSSR count). The molecule has 2 heteroatoms. The number of nitrogens with zero attached hydrogens (tertiary/aromatic N) is 2. The van der Waals surface area contributed by atoms with Crippen LogP contribution in [0.25, 0.3) is 0 Å². The molecule has 3 atom stereocenters. The van der Waals surface area contributed by atoms with Gasteiger partial charge in [-0.25, -0.2) is 0 Å². The van der Waals surface area contributed by atoms with Gasteiger partial charge in [-0.3, -0.25) is 9.98 Å². The highest BCUT2D eigenvalue weighted by molar-refractivity contribution is 5.53. The molecule has 86 valence electrons. The number of rotatable bonds is 2. The molecule has 0 amide bonds. The van der Waals surface area contributed by atoms with E-state index in [1.807, 2.05) is 18.3 Å². The molecule has 2 bridgehead atoms. The molecule has 3 aliphatic rings. The molecule has 0 aliphatic heterocycles. The Morgan fingerprint density at radius 1 is 1.53 bits per heavy atom. The molecule has 3 aliphatic carbocycles. The Balaban J connectivity index is 2.28. The Morgan fingerprint density at radius 2 is 2.35 bits per heavy atom. The first-order valence-corrected chi connectivity index (χ1v) is 6.06. The second-order valence-corrected chi connectivity index (χ2v) is 4.92. The smallest absolute Gasteiger partial charge is 0.0532 e. The van der Waals surface area contributed by atoms with Crippen LogP contribution in [0.2, 0.25) is 0 Å². The molecule has 17 heavy (non-hydrogen) atoms. The summed E-state index contributed by atoms with van der Waals surface area (Å²) in [7, 11) is 0. The van der Waals surface area contributed by atoms with E-state index in [2.05, 4.69) is 36.3 Å². The van der Waals surface area contributed by atoms with Crippen molar-refractivity contribution in [2.45, 2.75) is 25.2 Å². The molecular formula is C15H16N2. The van der Waals surface area contributed by atoms with E-state index in [9.17, 15) is 0 Å². The van der Waals surface area contributed by atoms with Crippen LogP contribution in [0.5, 0.6) is 0 Å². The number of pyridine rings is 1. The number of aromatic nitrogens is 1. The van der Waals surface area contributed by atoms with Crippen LogP contribution < -0.4 is 0 Å². The van der Waals surface area contributed by atoms with Crippen LogP contribution in [0, 0.1) is 5.92 Å². The van der Waals surface area contributed by atoms with Crippen LogP contribution in [0.4, 0.5) is 0 Å². The average Bonchev–Trinajstić information content (AvgIpc) is 2.38. The molecule has 0 aromatic carbocycles. The van der Waals surface area contributed by atoms with Gasteiger partial charge in [-0.1, -0.05) is 25.6 Å². The van der Waals surface area contributed by atoms with E-state index < -0.39 is 0 Å². The van der Waals surface area contributed by atoms with Crippen LogP contribution in [-0.4, -0.2) is 11.7 Å². The summed E-state index contributed by atoms with van der Waals surface area (Å²) in [4.78, 5) is 8.78. The van der Waals surface area contributed by atoms with Crippen molar-refractivity contribution in [2.24, 2.45) is 10.9 Å². The zero-order valence-electron chi connectivity index (χ0n) is 10.1. The minimum Gasteiger partial charge on any atom is -0.268 e. The highest BCUT2D eigenvalue weighted by Gasteiger charge is 2.42. The first-order valence-electron chi connectivity index (χ1n) is 6.06. The van der Waals surface area contributed by atoms with Gasteiger partial charge in [0, 0.05) is 18.0 Å². The first-order chi connectivity index (χ1) is 8.27. The lowest BCUT2D eigenvalue weighted by atomic mass is 9.63. The SMILES string of the molecule is C=CC1=C(N=C)C2CC(C)C1c1cccnc12. The molecule has 0 saturated heterocycles. The van der Waals surface area contributed by atoms with Crippen molar-refractivity contribution in [3.8, 4) is 0 Å². The van der Waals surface area contributed by atoms with Gasteiger partial charge >= 0.3 is 0 Å². The van der Waals surface area contributed by atoms with Crippen molar-refractivity contribution >= 4 is 6.72 Å². The summed E-state index contributed by atoms with van der Waals surface area (Å²) in [6.07, 6.45) is 4.95. The summed E-state index contributed by atoms with van der Waals surface area (Å²) < 4.78 is 0. The van der Waals surface area contributed by atoms with Gasteiger partial charge in [0.2, 0.25) is 0 Å². The van der Waals surface area contributed by atoms with E-state index in [1.54, 1.807) is 0 Å². The van der Waals surface area contributed by atoms with Crippen LogP contribution >= 0.6 is 0 Å². The molecule has 0 saturated carbocycles. The summed E-state index contributed by atoms with van der Waals surface area (Å²) in [5, 5.41) is 0. The largest absolute Gasteiger partial charge is 0.268 e. The molecule has 0 fully saturated rings. The quantitative estimate of drug-likeness (QED) is 0.706. The van der Waals surface area contributed by atoms with Crippen molar-refractivity contribution in [1.82, 2.24) is 4.98 Å². The fraction of sp³-hybridized carbons (Fsp3) is 0.333. The number of aliphatic imine (C=N–C) groups is 1. The van der Waals surface area contributed by atoms with E-state index in [0.29, 0.717) is 17.8 Å². The van der Waals surface area contributed by atoms with Crippen LogP contribution in [0.1, 0.15) is 36.4 Å². The van der Waals surface area contributed by atoms with E-state index in [-0.39, 0.29) is 0 Å². The number of hydrogen-bond donors (Lipinski definition) is 0. The third-order valence-electron chi connectivity index (χ3n) is 4.06. The van der Waals surface area contributed by atoms with Crippen LogP contribution in [0.15, 0.2) is 47.2 Å². The zero-order chi connectivity index (χ0) is 12.0. The van der Waals surface area contributed by atoms with Crippen molar-refractivity contribution < 1.29 is 0 Å². The van der Waals surface area contributed by atoms with Gasteiger partial charge < -0.3 is 0 Å². The van der Waals surface area contributed by atoms with Crippen molar-refractivity contribution in [1.29, 1.82) is 0 Å². The average molecular weight is 224 g/mol. The van der Waals surface area contributed by atoms with Crippen molar-refractivity contribution in [3.05, 3.63) is 53.5 Å². The molecule has 3 unspecified atom stereocenters. The van der Waals surface area contributed by atoms with E-state index in [4.69, 9.17) is 0 Å². The van der Waals surface area contributed by atoms with Gasteiger partial charge in [0.1, 0.15) is 0 Å². The summed E-state index contributed by atoms with van der Waals surface area (Å²) in [6, 6.07) is 4.22. The number of fused-ring (bicyclic) bond motifs is 1. The van der Waals surface area contributed by atoms with E-state index in [0.717, 1.165) is 12.1 Å². The maximum absolute atomic E-state index is 4.55. The molecule has 1 aromatic heterocycles. The third kappa shape index (κ3) is 1.27. The minimum atomic E-state index is 0.316. The second kappa shape index (κ2) is 3.66. The molecule has 0 N–H and O–H groups in total. The lowest BCUT2D eigenvalue weighted by Gasteiger charge is -2.42. The number of allylic oxidation sites excluding steroid dienone is 3. The normalized spacial score (nSPS) is 30.1. The Labute approximate surface area is 102 Å². The van der Waals surface area contributed by atoms with Gasteiger partial charge in [-0.15, -0.1) is 0 Å². The Hall–Kier alpha value is -1.70. The maximum Gasteiger partial charge on any atom is 0.0532 e.